The number of nitro groups is 1. The molecular weight excluding hydrogens is 339 g/mol. The molecule has 0 aromatic heterocycles. The van der Waals surface area contributed by atoms with Crippen LogP contribution in [0, 0.1) is 25.0 Å². The summed E-state index contributed by atoms with van der Waals surface area (Å²) in [6, 6.07) is 4.48. The molecular formula is C10H7IN2O4. The summed E-state index contributed by atoms with van der Waals surface area (Å²) in [5.41, 5.74) is -0.0665. The minimum atomic E-state index is -0.612. The molecule has 0 amide bonds. The molecule has 0 heterocycles. The van der Waals surface area contributed by atoms with Crippen molar-refractivity contribution in [2.24, 2.45) is 0 Å². The molecule has 1 rings (SSSR count). The summed E-state index contributed by atoms with van der Waals surface area (Å²) in [6.07, 6.45) is 0.829. The van der Waals surface area contributed by atoms with Gasteiger partial charge in [0, 0.05) is 12.5 Å². The number of rotatable bonds is 5. The van der Waals surface area contributed by atoms with Crippen LogP contribution in [0.3, 0.4) is 0 Å². The van der Waals surface area contributed by atoms with Crippen molar-refractivity contribution < 1.29 is 14.5 Å². The number of nitro benzene ring substituents is 1. The highest BCUT2D eigenvalue weighted by Crippen LogP contribution is 2.33. The van der Waals surface area contributed by atoms with Crippen LogP contribution >= 0.6 is 22.6 Å². The molecule has 0 spiro atoms. The van der Waals surface area contributed by atoms with Gasteiger partial charge in [0.2, 0.25) is 5.75 Å². The summed E-state index contributed by atoms with van der Waals surface area (Å²) in [5.74, 6) is 0.0939. The number of aldehydes is 1. The number of carbonyl (C=O) groups excluding carboxylic acids is 1. The quantitative estimate of drug-likeness (QED) is 0.267. The van der Waals surface area contributed by atoms with E-state index < -0.39 is 4.92 Å². The number of hydrogen-bond donors (Lipinski definition) is 0. The van der Waals surface area contributed by atoms with Gasteiger partial charge >= 0.3 is 5.69 Å². The molecule has 0 radical (unpaired) electrons. The molecule has 0 saturated heterocycles. The first-order chi connectivity index (χ1) is 8.10. The van der Waals surface area contributed by atoms with Crippen LogP contribution < -0.4 is 4.74 Å². The van der Waals surface area contributed by atoms with E-state index in [4.69, 9.17) is 10.00 Å². The van der Waals surface area contributed by atoms with Gasteiger partial charge in [-0.05, 0) is 28.7 Å². The van der Waals surface area contributed by atoms with E-state index in [1.54, 1.807) is 0 Å². The topological polar surface area (TPSA) is 93.2 Å². The highest BCUT2D eigenvalue weighted by molar-refractivity contribution is 14.1. The lowest BCUT2D eigenvalue weighted by Crippen LogP contribution is -2.03. The number of hydrogen-bond acceptors (Lipinski definition) is 5. The molecule has 0 aliphatic heterocycles. The molecule has 0 aliphatic rings. The number of nitrogens with zero attached hydrogens (tertiary/aromatic N) is 2. The molecule has 0 atom stereocenters. The maximum atomic E-state index is 10.8. The van der Waals surface area contributed by atoms with E-state index in [1.807, 2.05) is 28.7 Å². The zero-order valence-corrected chi connectivity index (χ0v) is 10.7. The lowest BCUT2D eigenvalue weighted by Gasteiger charge is -2.07. The van der Waals surface area contributed by atoms with Gasteiger partial charge in [-0.1, -0.05) is 0 Å². The monoisotopic (exact) mass is 346 g/mol. The van der Waals surface area contributed by atoms with E-state index in [1.165, 1.54) is 6.07 Å². The molecule has 7 heteroatoms. The van der Waals surface area contributed by atoms with Crippen molar-refractivity contribution in [1.82, 2.24) is 0 Å². The van der Waals surface area contributed by atoms with Crippen LogP contribution in [0.2, 0.25) is 0 Å². The lowest BCUT2D eigenvalue weighted by atomic mass is 10.2. The van der Waals surface area contributed by atoms with Crippen molar-refractivity contribution in [2.45, 2.75) is 6.42 Å². The van der Waals surface area contributed by atoms with Gasteiger partial charge in [0.15, 0.2) is 0 Å². The summed E-state index contributed by atoms with van der Waals surface area (Å²) >= 11 is 1.85. The molecule has 6 nitrogen and oxygen atoms in total. The van der Waals surface area contributed by atoms with Gasteiger partial charge in [-0.2, -0.15) is 5.26 Å². The average molecular weight is 346 g/mol. The number of carbonyl (C=O) groups is 1. The standard InChI is InChI=1S/C10H7IN2O4/c11-8-4-7(6-12)5-9(13(15)16)10(8)17-3-1-2-14/h2,4-5H,1,3H2. The number of nitriles is 1. The van der Waals surface area contributed by atoms with Crippen LogP contribution in [-0.2, 0) is 4.79 Å². The highest BCUT2D eigenvalue weighted by atomic mass is 127. The molecule has 0 saturated carbocycles. The minimum absolute atomic E-state index is 0.0756. The average Bonchev–Trinajstić information content (AvgIpc) is 2.30. The van der Waals surface area contributed by atoms with Gasteiger partial charge in [0.25, 0.3) is 0 Å². The van der Waals surface area contributed by atoms with Crippen LogP contribution in [0.15, 0.2) is 12.1 Å². The van der Waals surface area contributed by atoms with Crippen molar-refractivity contribution >= 4 is 34.6 Å². The maximum Gasteiger partial charge on any atom is 0.313 e. The first-order valence-electron chi connectivity index (χ1n) is 4.54. The molecule has 0 bridgehead atoms. The third-order valence-electron chi connectivity index (χ3n) is 1.83. The van der Waals surface area contributed by atoms with Crippen LogP contribution in [0.25, 0.3) is 0 Å². The smallest absolute Gasteiger partial charge is 0.313 e. The highest BCUT2D eigenvalue weighted by Gasteiger charge is 2.20. The van der Waals surface area contributed by atoms with Gasteiger partial charge in [0.1, 0.15) is 6.29 Å². The molecule has 0 N–H and O–H groups in total. The SMILES string of the molecule is N#Cc1cc(I)c(OCCC=O)c([N+](=O)[O-])c1. The molecule has 17 heavy (non-hydrogen) atoms. The molecule has 1 aromatic rings. The first-order valence-corrected chi connectivity index (χ1v) is 5.62. The summed E-state index contributed by atoms with van der Waals surface area (Å²) in [6.45, 7) is 0.0756. The largest absolute Gasteiger partial charge is 0.486 e. The van der Waals surface area contributed by atoms with E-state index in [0.29, 0.717) is 9.86 Å². The van der Waals surface area contributed by atoms with Crippen LogP contribution in [0.1, 0.15) is 12.0 Å². The van der Waals surface area contributed by atoms with Crippen molar-refractivity contribution in [2.75, 3.05) is 6.61 Å². The van der Waals surface area contributed by atoms with E-state index in [-0.39, 0.29) is 30.0 Å². The number of halogens is 1. The fourth-order valence-electron chi connectivity index (χ4n) is 1.13. The van der Waals surface area contributed by atoms with Crippen molar-refractivity contribution in [3.05, 3.63) is 31.4 Å². The first kappa shape index (κ1) is 13.4. The van der Waals surface area contributed by atoms with E-state index >= 15 is 0 Å². The van der Waals surface area contributed by atoms with Crippen LogP contribution in [-0.4, -0.2) is 17.8 Å². The summed E-state index contributed by atoms with van der Waals surface area (Å²) in [4.78, 5) is 20.3. The van der Waals surface area contributed by atoms with Crippen molar-refractivity contribution in [3.63, 3.8) is 0 Å². The van der Waals surface area contributed by atoms with Crippen LogP contribution in [0.5, 0.6) is 5.75 Å². The summed E-state index contributed by atoms with van der Waals surface area (Å²) in [7, 11) is 0. The number of ether oxygens (including phenoxy) is 1. The second-order valence-corrected chi connectivity index (χ2v) is 4.14. The van der Waals surface area contributed by atoms with Gasteiger partial charge in [-0.3, -0.25) is 10.1 Å². The molecule has 1 aromatic carbocycles. The Bertz CT molecular complexity index is 496. The predicted octanol–water partition coefficient (Wildman–Crippen LogP) is 2.04. The summed E-state index contributed by atoms with van der Waals surface area (Å²) in [5, 5.41) is 19.5. The Kier molecular flexibility index (Phi) is 4.84. The molecule has 0 unspecified atom stereocenters. The normalized spacial score (nSPS) is 9.41. The third kappa shape index (κ3) is 3.39. The lowest BCUT2D eigenvalue weighted by molar-refractivity contribution is -0.386. The Morgan fingerprint density at radius 3 is 2.82 bits per heavy atom. The van der Waals surface area contributed by atoms with Gasteiger partial charge in [-0.25, -0.2) is 0 Å². The fraction of sp³-hybridized carbons (Fsp3) is 0.200. The Labute approximate surface area is 110 Å². The molecule has 0 fully saturated rings. The fourth-order valence-corrected chi connectivity index (χ4v) is 1.90. The second-order valence-electron chi connectivity index (χ2n) is 2.98. The van der Waals surface area contributed by atoms with Gasteiger partial charge in [0.05, 0.1) is 26.7 Å². The zero-order valence-electron chi connectivity index (χ0n) is 8.55. The van der Waals surface area contributed by atoms with Crippen molar-refractivity contribution in [1.29, 1.82) is 5.26 Å². The Hall–Kier alpha value is -1.69. The van der Waals surface area contributed by atoms with E-state index in [9.17, 15) is 14.9 Å². The maximum absolute atomic E-state index is 10.8. The number of benzene rings is 1. The Morgan fingerprint density at radius 2 is 2.29 bits per heavy atom. The zero-order chi connectivity index (χ0) is 12.8. The van der Waals surface area contributed by atoms with Gasteiger partial charge < -0.3 is 9.53 Å². The third-order valence-corrected chi connectivity index (χ3v) is 2.63. The molecule has 88 valence electrons. The van der Waals surface area contributed by atoms with E-state index in [0.717, 1.165) is 6.07 Å². The van der Waals surface area contributed by atoms with Gasteiger partial charge in [-0.15, -0.1) is 0 Å². The molecule has 0 aliphatic carbocycles. The van der Waals surface area contributed by atoms with Crippen molar-refractivity contribution in [3.8, 4) is 11.8 Å². The Balaban J connectivity index is 3.13. The second kappa shape index (κ2) is 6.15. The predicted molar refractivity (Wildman–Crippen MR) is 66.7 cm³/mol. The van der Waals surface area contributed by atoms with Crippen LogP contribution in [0.4, 0.5) is 5.69 Å². The Morgan fingerprint density at radius 1 is 1.59 bits per heavy atom. The minimum Gasteiger partial charge on any atom is -0.486 e. The summed E-state index contributed by atoms with van der Waals surface area (Å²) < 4.78 is 5.65. The van der Waals surface area contributed by atoms with E-state index in [2.05, 4.69) is 0 Å².